The summed E-state index contributed by atoms with van der Waals surface area (Å²) in [6.45, 7) is 9.76. The summed E-state index contributed by atoms with van der Waals surface area (Å²) < 4.78 is 3.07. The van der Waals surface area contributed by atoms with Gasteiger partial charge in [-0.2, -0.15) is 0 Å². The summed E-state index contributed by atoms with van der Waals surface area (Å²) in [5, 5.41) is 0. The molecule has 0 saturated heterocycles. The fourth-order valence-electron chi connectivity index (χ4n) is 0.612. The smallest absolute Gasteiger partial charge is 0.142 e. The SMILES string of the molecule is CC[O+](CC)CC.Cl.Cl.Cl.Cl.Cl.Cl.[Sb]. The van der Waals surface area contributed by atoms with Crippen LogP contribution in [-0.2, 0) is 4.37 Å². The van der Waals surface area contributed by atoms with Gasteiger partial charge in [0.1, 0.15) is 19.8 Å². The van der Waals surface area contributed by atoms with Crippen LogP contribution in [-0.4, -0.2) is 44.2 Å². The topological polar surface area (TPSA) is 2.70 Å². The second-order valence-corrected chi connectivity index (χ2v) is 1.48. The van der Waals surface area contributed by atoms with Gasteiger partial charge in [0.25, 0.3) is 0 Å². The van der Waals surface area contributed by atoms with E-state index in [0.717, 1.165) is 19.8 Å². The van der Waals surface area contributed by atoms with E-state index in [2.05, 4.69) is 25.1 Å². The molecule has 0 rings (SSSR count). The standard InChI is InChI=1S/C6H15O.6ClH.Sb/c1-4-7(5-2)6-3;;;;;;;/h4-6H2,1-3H3;6*1H;/q+1;;;;;;;. The second kappa shape index (κ2) is 45.1. The molecule has 8 heteroatoms. The first-order valence-corrected chi connectivity index (χ1v) is 2.99. The summed E-state index contributed by atoms with van der Waals surface area (Å²) in [7, 11) is 0. The largest absolute Gasteiger partial charge is 0.422 e. The molecule has 0 bridgehead atoms. The molecule has 0 aromatic heterocycles. The van der Waals surface area contributed by atoms with Crippen molar-refractivity contribution in [3.63, 3.8) is 0 Å². The molecular weight excluding hydrogens is 423 g/mol. The van der Waals surface area contributed by atoms with Gasteiger partial charge in [-0.15, -0.1) is 74.4 Å². The van der Waals surface area contributed by atoms with E-state index in [-0.39, 0.29) is 98.9 Å². The first kappa shape index (κ1) is 54.8. The van der Waals surface area contributed by atoms with Crippen LogP contribution in [0.15, 0.2) is 0 Å². The number of hydrogen-bond donors (Lipinski definition) is 0. The molecule has 0 unspecified atom stereocenters. The van der Waals surface area contributed by atoms with Crippen molar-refractivity contribution in [3.05, 3.63) is 0 Å². The van der Waals surface area contributed by atoms with Crippen LogP contribution in [0, 0.1) is 0 Å². The normalized spacial score (nSPS) is 5.14. The molecule has 0 N–H and O–H groups in total. The minimum Gasteiger partial charge on any atom is -0.422 e. The van der Waals surface area contributed by atoms with Gasteiger partial charge in [-0.25, -0.2) is 0 Å². The third-order valence-electron chi connectivity index (χ3n) is 1.22. The van der Waals surface area contributed by atoms with Crippen LogP contribution in [0.4, 0.5) is 0 Å². The molecule has 0 aliphatic heterocycles. The summed E-state index contributed by atoms with van der Waals surface area (Å²) >= 11 is 0. The molecule has 0 aliphatic carbocycles. The maximum absolute atomic E-state index is 3.07. The van der Waals surface area contributed by atoms with Crippen LogP contribution in [0.25, 0.3) is 0 Å². The Hall–Kier alpha value is 2.52. The summed E-state index contributed by atoms with van der Waals surface area (Å²) in [5.41, 5.74) is 0. The molecule has 0 atom stereocenters. The van der Waals surface area contributed by atoms with E-state index in [9.17, 15) is 0 Å². The Morgan fingerprint density at radius 2 is 0.714 bits per heavy atom. The van der Waals surface area contributed by atoms with E-state index in [4.69, 9.17) is 0 Å². The van der Waals surface area contributed by atoms with Crippen molar-refractivity contribution in [2.45, 2.75) is 20.8 Å². The van der Waals surface area contributed by atoms with Crippen molar-refractivity contribution in [1.82, 2.24) is 0 Å². The van der Waals surface area contributed by atoms with Crippen LogP contribution < -0.4 is 0 Å². The molecule has 14 heavy (non-hydrogen) atoms. The molecule has 0 aliphatic rings. The fraction of sp³-hybridized carbons (Fsp3) is 1.00. The minimum atomic E-state index is 0. The zero-order valence-electron chi connectivity index (χ0n) is 8.43. The predicted octanol–water partition coefficient (Wildman–Crippen LogP) is 3.75. The maximum atomic E-state index is 3.07. The van der Waals surface area contributed by atoms with Crippen LogP contribution in [0.3, 0.4) is 0 Å². The van der Waals surface area contributed by atoms with Gasteiger partial charge < -0.3 is 4.37 Å². The van der Waals surface area contributed by atoms with Gasteiger partial charge in [0, 0.05) is 45.2 Å². The zero-order valence-corrected chi connectivity index (χ0v) is 15.9. The Balaban J connectivity index is -0.00000000857. The van der Waals surface area contributed by atoms with Crippen molar-refractivity contribution >= 4 is 98.9 Å². The molecular formula is C6H21Cl6OSb+. The number of hydrogen-bond acceptors (Lipinski definition) is 0. The summed E-state index contributed by atoms with van der Waals surface area (Å²) in [6.07, 6.45) is 0. The second-order valence-electron chi connectivity index (χ2n) is 1.48. The van der Waals surface area contributed by atoms with Crippen molar-refractivity contribution in [1.29, 1.82) is 0 Å². The van der Waals surface area contributed by atoms with Crippen molar-refractivity contribution in [2.24, 2.45) is 0 Å². The Bertz CT molecular complexity index is 43.8. The van der Waals surface area contributed by atoms with Gasteiger partial charge in [-0.3, -0.25) is 0 Å². The predicted molar refractivity (Wildman–Crippen MR) is 82.0 cm³/mol. The van der Waals surface area contributed by atoms with Crippen molar-refractivity contribution in [2.75, 3.05) is 19.8 Å². The van der Waals surface area contributed by atoms with Gasteiger partial charge in [0.2, 0.25) is 0 Å². The van der Waals surface area contributed by atoms with E-state index in [1.54, 1.807) is 0 Å². The summed E-state index contributed by atoms with van der Waals surface area (Å²) in [4.78, 5) is 0. The van der Waals surface area contributed by atoms with E-state index >= 15 is 0 Å². The first-order chi connectivity index (χ1) is 3.35. The Morgan fingerprint density at radius 3 is 0.714 bits per heavy atom. The first-order valence-electron chi connectivity index (χ1n) is 2.99. The monoisotopic (exact) mass is 440 g/mol. The van der Waals surface area contributed by atoms with Crippen LogP contribution >= 0.6 is 74.4 Å². The average Bonchev–Trinajstić information content (AvgIpc) is 1.72. The van der Waals surface area contributed by atoms with Crippen molar-refractivity contribution < 1.29 is 4.37 Å². The quantitative estimate of drug-likeness (QED) is 0.462. The molecule has 0 aromatic rings. The minimum absolute atomic E-state index is 0. The van der Waals surface area contributed by atoms with Gasteiger partial charge in [0.05, 0.1) is 0 Å². The van der Waals surface area contributed by atoms with Crippen molar-refractivity contribution in [3.8, 4) is 0 Å². The van der Waals surface area contributed by atoms with Crippen LogP contribution in [0.1, 0.15) is 20.8 Å². The molecule has 0 saturated carbocycles. The Morgan fingerprint density at radius 1 is 0.571 bits per heavy atom. The average molecular weight is 444 g/mol. The van der Waals surface area contributed by atoms with Crippen LogP contribution in [0.5, 0.6) is 0 Å². The molecule has 97 valence electrons. The van der Waals surface area contributed by atoms with Gasteiger partial charge in [-0.05, 0) is 0 Å². The molecule has 0 aromatic carbocycles. The molecule has 1 nitrogen and oxygen atoms in total. The van der Waals surface area contributed by atoms with E-state index in [0.29, 0.717) is 0 Å². The van der Waals surface area contributed by atoms with Gasteiger partial charge in [-0.1, -0.05) is 0 Å². The molecule has 0 spiro atoms. The summed E-state index contributed by atoms with van der Waals surface area (Å²) in [6, 6.07) is 0. The Kier molecular flexibility index (Phi) is 177. The Labute approximate surface area is 142 Å². The zero-order chi connectivity index (χ0) is 5.70. The maximum Gasteiger partial charge on any atom is 0.142 e. The molecule has 0 fully saturated rings. The third-order valence-corrected chi connectivity index (χ3v) is 1.22. The molecule has 0 amide bonds. The number of halogens is 6. The van der Waals surface area contributed by atoms with E-state index in [1.807, 2.05) is 0 Å². The van der Waals surface area contributed by atoms with E-state index in [1.165, 1.54) is 0 Å². The molecule has 0 heterocycles. The van der Waals surface area contributed by atoms with Gasteiger partial charge >= 0.3 is 0 Å². The van der Waals surface area contributed by atoms with E-state index < -0.39 is 0 Å². The van der Waals surface area contributed by atoms with Crippen LogP contribution in [0.2, 0.25) is 0 Å². The number of rotatable bonds is 3. The van der Waals surface area contributed by atoms with Gasteiger partial charge in [0.15, 0.2) is 0 Å². The fourth-order valence-corrected chi connectivity index (χ4v) is 0.612. The molecule has 3 radical (unpaired) electrons. The third kappa shape index (κ3) is 36.6. The summed E-state index contributed by atoms with van der Waals surface area (Å²) in [5.74, 6) is 0.